The van der Waals surface area contributed by atoms with E-state index in [1.165, 1.54) is 28.9 Å². The van der Waals surface area contributed by atoms with Gasteiger partial charge in [-0.2, -0.15) is 5.10 Å². The lowest BCUT2D eigenvalue weighted by atomic mass is 9.95. The first-order valence-electron chi connectivity index (χ1n) is 9.90. The Morgan fingerprint density at radius 2 is 1.84 bits per heavy atom. The quantitative estimate of drug-likeness (QED) is 0.642. The first-order chi connectivity index (χ1) is 15.2. The van der Waals surface area contributed by atoms with Crippen molar-refractivity contribution in [3.63, 3.8) is 0 Å². The largest absolute Gasteiger partial charge is 0.573 e. The minimum absolute atomic E-state index is 0.00189. The number of benzene rings is 2. The van der Waals surface area contributed by atoms with Crippen LogP contribution in [0.3, 0.4) is 0 Å². The van der Waals surface area contributed by atoms with E-state index in [1.807, 2.05) is 26.0 Å². The molecule has 0 radical (unpaired) electrons. The standard InChI is InChI=1S/C22H18F3N3O4/c1-11(2)18-17-19(12-3-8-15-16(9-12)31-10-30-15)26-21(29)20(17)28(27-18)13-4-6-14(7-5-13)32-22(23,24)25/h3-9,11,19H,10H2,1-2H3,(H,26,29). The Bertz CT molecular complexity index is 1200. The minimum atomic E-state index is -4.78. The van der Waals surface area contributed by atoms with Gasteiger partial charge in [0.15, 0.2) is 11.5 Å². The van der Waals surface area contributed by atoms with E-state index in [0.717, 1.165) is 16.8 Å². The van der Waals surface area contributed by atoms with Crippen LogP contribution in [0.1, 0.15) is 53.1 Å². The van der Waals surface area contributed by atoms with E-state index < -0.39 is 12.4 Å². The fourth-order valence-electron chi connectivity index (χ4n) is 3.97. The molecule has 1 N–H and O–H groups in total. The molecule has 10 heteroatoms. The van der Waals surface area contributed by atoms with E-state index in [1.54, 1.807) is 6.07 Å². The third-order valence-electron chi connectivity index (χ3n) is 5.32. The van der Waals surface area contributed by atoms with Crippen LogP contribution >= 0.6 is 0 Å². The molecule has 0 aliphatic carbocycles. The van der Waals surface area contributed by atoms with E-state index in [0.29, 0.717) is 22.9 Å². The molecule has 1 unspecified atom stereocenters. The molecular weight excluding hydrogens is 427 g/mol. The second-order valence-electron chi connectivity index (χ2n) is 7.77. The number of nitrogens with one attached hydrogen (secondary N) is 1. The second-order valence-corrected chi connectivity index (χ2v) is 7.77. The van der Waals surface area contributed by atoms with Crippen molar-refractivity contribution in [1.29, 1.82) is 0 Å². The van der Waals surface area contributed by atoms with Crippen LogP contribution in [-0.4, -0.2) is 28.8 Å². The number of amides is 1. The molecule has 0 bridgehead atoms. The third kappa shape index (κ3) is 3.41. The molecule has 0 fully saturated rings. The molecular formula is C22H18F3N3O4. The van der Waals surface area contributed by atoms with Gasteiger partial charge in [0.25, 0.3) is 5.91 Å². The Labute approximate surface area is 180 Å². The molecule has 166 valence electrons. The van der Waals surface area contributed by atoms with Crippen molar-refractivity contribution in [1.82, 2.24) is 15.1 Å². The summed E-state index contributed by atoms with van der Waals surface area (Å²) in [5, 5.41) is 7.63. The van der Waals surface area contributed by atoms with Gasteiger partial charge >= 0.3 is 6.36 Å². The number of hydrogen-bond acceptors (Lipinski definition) is 5. The van der Waals surface area contributed by atoms with Gasteiger partial charge in [-0.1, -0.05) is 19.9 Å². The monoisotopic (exact) mass is 445 g/mol. The Balaban J connectivity index is 1.57. The van der Waals surface area contributed by atoms with Gasteiger partial charge in [-0.25, -0.2) is 4.68 Å². The van der Waals surface area contributed by atoms with Crippen molar-refractivity contribution >= 4 is 5.91 Å². The highest BCUT2D eigenvalue weighted by molar-refractivity contribution is 5.99. The van der Waals surface area contributed by atoms with Crippen LogP contribution in [-0.2, 0) is 0 Å². The molecule has 5 rings (SSSR count). The van der Waals surface area contributed by atoms with Crippen LogP contribution in [0.4, 0.5) is 13.2 Å². The predicted octanol–water partition coefficient (Wildman–Crippen LogP) is 4.46. The lowest BCUT2D eigenvalue weighted by molar-refractivity contribution is -0.274. The number of carbonyl (C=O) groups is 1. The maximum absolute atomic E-state index is 13.0. The molecule has 32 heavy (non-hydrogen) atoms. The lowest BCUT2D eigenvalue weighted by Crippen LogP contribution is -2.23. The van der Waals surface area contributed by atoms with E-state index >= 15 is 0 Å². The zero-order valence-electron chi connectivity index (χ0n) is 17.1. The smallest absolute Gasteiger partial charge is 0.454 e. The van der Waals surface area contributed by atoms with Crippen molar-refractivity contribution < 1.29 is 32.2 Å². The molecule has 3 aromatic rings. The zero-order valence-corrected chi connectivity index (χ0v) is 17.1. The van der Waals surface area contributed by atoms with Crippen molar-refractivity contribution in [2.24, 2.45) is 0 Å². The molecule has 0 saturated carbocycles. The van der Waals surface area contributed by atoms with Gasteiger partial charge in [-0.3, -0.25) is 4.79 Å². The highest BCUT2D eigenvalue weighted by Crippen LogP contribution is 2.41. The summed E-state index contributed by atoms with van der Waals surface area (Å²) in [5.74, 6) is 0.569. The number of ether oxygens (including phenoxy) is 3. The first-order valence-corrected chi connectivity index (χ1v) is 9.90. The Kier molecular flexibility index (Phi) is 4.54. The number of alkyl halides is 3. The van der Waals surface area contributed by atoms with Crippen LogP contribution < -0.4 is 19.5 Å². The van der Waals surface area contributed by atoms with Crippen molar-refractivity contribution in [3.8, 4) is 22.9 Å². The summed E-state index contributed by atoms with van der Waals surface area (Å²) in [6, 6.07) is 10.3. The molecule has 2 aromatic carbocycles. The van der Waals surface area contributed by atoms with Gasteiger partial charge in [0.05, 0.1) is 17.4 Å². The van der Waals surface area contributed by atoms with Gasteiger partial charge in [0, 0.05) is 5.56 Å². The number of halogens is 3. The average molecular weight is 445 g/mol. The normalized spacial score (nSPS) is 16.9. The van der Waals surface area contributed by atoms with Crippen molar-refractivity contribution in [2.75, 3.05) is 6.79 Å². The van der Waals surface area contributed by atoms with Crippen LogP contribution in [0.5, 0.6) is 17.2 Å². The second kappa shape index (κ2) is 7.18. The summed E-state index contributed by atoms with van der Waals surface area (Å²) in [6.07, 6.45) is -4.78. The summed E-state index contributed by atoms with van der Waals surface area (Å²) in [7, 11) is 0. The van der Waals surface area contributed by atoms with E-state index in [9.17, 15) is 18.0 Å². The minimum Gasteiger partial charge on any atom is -0.454 e. The molecule has 1 aromatic heterocycles. The molecule has 2 aliphatic heterocycles. The van der Waals surface area contributed by atoms with Gasteiger partial charge < -0.3 is 19.5 Å². The molecule has 7 nitrogen and oxygen atoms in total. The summed E-state index contributed by atoms with van der Waals surface area (Å²) in [6.45, 7) is 4.07. The third-order valence-corrected chi connectivity index (χ3v) is 5.32. The maximum atomic E-state index is 13.0. The van der Waals surface area contributed by atoms with Crippen LogP contribution in [0.15, 0.2) is 42.5 Å². The highest BCUT2D eigenvalue weighted by Gasteiger charge is 2.39. The topological polar surface area (TPSA) is 74.6 Å². The van der Waals surface area contributed by atoms with Gasteiger partial charge in [0.2, 0.25) is 6.79 Å². The fourth-order valence-corrected chi connectivity index (χ4v) is 3.97. The van der Waals surface area contributed by atoms with Gasteiger partial charge in [0.1, 0.15) is 11.4 Å². The van der Waals surface area contributed by atoms with E-state index in [-0.39, 0.29) is 24.4 Å². The van der Waals surface area contributed by atoms with Crippen molar-refractivity contribution in [2.45, 2.75) is 32.2 Å². The summed E-state index contributed by atoms with van der Waals surface area (Å²) in [5.41, 5.74) is 3.07. The number of fused-ring (bicyclic) bond motifs is 2. The summed E-state index contributed by atoms with van der Waals surface area (Å²) < 4.78 is 53.6. The average Bonchev–Trinajstić information content (AvgIpc) is 3.42. The number of hydrogen-bond donors (Lipinski definition) is 1. The summed E-state index contributed by atoms with van der Waals surface area (Å²) in [4.78, 5) is 13.0. The zero-order chi connectivity index (χ0) is 22.6. The Morgan fingerprint density at radius 3 is 2.53 bits per heavy atom. The molecule has 2 aliphatic rings. The van der Waals surface area contributed by atoms with Crippen LogP contribution in [0, 0.1) is 0 Å². The number of carbonyl (C=O) groups excluding carboxylic acids is 1. The first kappa shape index (κ1) is 20.2. The number of rotatable bonds is 4. The van der Waals surface area contributed by atoms with Gasteiger partial charge in [-0.15, -0.1) is 13.2 Å². The molecule has 0 saturated heterocycles. The molecule has 3 heterocycles. The predicted molar refractivity (Wildman–Crippen MR) is 106 cm³/mol. The van der Waals surface area contributed by atoms with Crippen LogP contribution in [0.25, 0.3) is 5.69 Å². The van der Waals surface area contributed by atoms with Gasteiger partial charge in [-0.05, 0) is 47.9 Å². The van der Waals surface area contributed by atoms with E-state index in [4.69, 9.17) is 9.47 Å². The Hall–Kier alpha value is -3.69. The van der Waals surface area contributed by atoms with Crippen molar-refractivity contribution in [3.05, 3.63) is 65.0 Å². The molecule has 1 amide bonds. The fraction of sp³-hybridized carbons (Fsp3) is 0.273. The SMILES string of the molecule is CC(C)c1nn(-c2ccc(OC(F)(F)F)cc2)c2c1C(c1ccc3c(c1)OCO3)NC2=O. The number of aromatic nitrogens is 2. The summed E-state index contributed by atoms with van der Waals surface area (Å²) >= 11 is 0. The Morgan fingerprint density at radius 1 is 1.12 bits per heavy atom. The number of nitrogens with zero attached hydrogens (tertiary/aromatic N) is 2. The molecule has 0 spiro atoms. The van der Waals surface area contributed by atoms with Crippen LogP contribution in [0.2, 0.25) is 0 Å². The van der Waals surface area contributed by atoms with E-state index in [2.05, 4.69) is 15.2 Å². The maximum Gasteiger partial charge on any atom is 0.573 e. The highest BCUT2D eigenvalue weighted by atomic mass is 19.4. The lowest BCUT2D eigenvalue weighted by Gasteiger charge is -2.15. The molecule has 1 atom stereocenters.